The van der Waals surface area contributed by atoms with Gasteiger partial charge in [0.1, 0.15) is 0 Å². The molecule has 0 radical (unpaired) electrons. The van der Waals surface area contributed by atoms with Gasteiger partial charge in [-0.05, 0) is 45.6 Å². The van der Waals surface area contributed by atoms with Gasteiger partial charge in [0.2, 0.25) is 5.91 Å². The molecule has 0 fully saturated rings. The number of rotatable bonds is 3. The number of carbonyl (C=O) groups is 1. The largest absolute Gasteiger partial charge is 0.324 e. The van der Waals surface area contributed by atoms with Gasteiger partial charge < -0.3 is 5.32 Å². The second kappa shape index (κ2) is 5.64. The monoisotopic (exact) mass is 404 g/mol. The summed E-state index contributed by atoms with van der Waals surface area (Å²) >= 11 is 5.78. The molecule has 3 rings (SSSR count). The Morgan fingerprint density at radius 2 is 2.10 bits per heavy atom. The van der Waals surface area contributed by atoms with Crippen LogP contribution in [-0.4, -0.2) is 20.1 Å². The van der Waals surface area contributed by atoms with E-state index in [0.29, 0.717) is 21.6 Å². The van der Waals surface area contributed by atoms with Crippen molar-refractivity contribution >= 4 is 66.3 Å². The van der Waals surface area contributed by atoms with Crippen LogP contribution in [-0.2, 0) is 14.8 Å². The van der Waals surface area contributed by atoms with Crippen LogP contribution in [0, 0.1) is 0 Å². The van der Waals surface area contributed by atoms with E-state index in [1.807, 2.05) is 0 Å². The van der Waals surface area contributed by atoms with Crippen LogP contribution in [0.5, 0.6) is 0 Å². The zero-order valence-corrected chi connectivity index (χ0v) is 14.5. The number of carbonyl (C=O) groups excluding carboxylic acids is 1. The van der Waals surface area contributed by atoms with Crippen LogP contribution >= 0.6 is 39.0 Å². The quantitative estimate of drug-likeness (QED) is 0.821. The predicted molar refractivity (Wildman–Crippen MR) is 88.6 cm³/mol. The third-order valence-electron chi connectivity index (χ3n) is 2.69. The average molecular weight is 405 g/mol. The van der Waals surface area contributed by atoms with Crippen molar-refractivity contribution in [1.29, 1.82) is 0 Å². The summed E-state index contributed by atoms with van der Waals surface area (Å²) in [6.07, 6.45) is 0. The van der Waals surface area contributed by atoms with Gasteiger partial charge in [-0.3, -0.25) is 9.52 Å². The van der Waals surface area contributed by atoms with E-state index < -0.39 is 10.0 Å². The smallest absolute Gasteiger partial charge is 0.272 e. The number of halogens is 1. The van der Waals surface area contributed by atoms with Gasteiger partial charge in [-0.15, -0.1) is 23.1 Å². The SMILES string of the molecule is O=C1CSc2ccc(NS(=O)(=O)c3sccc3Br)cc2N1. The maximum Gasteiger partial charge on any atom is 0.272 e. The van der Waals surface area contributed by atoms with E-state index in [4.69, 9.17) is 0 Å². The van der Waals surface area contributed by atoms with E-state index in [1.54, 1.807) is 29.6 Å². The molecule has 0 atom stereocenters. The topological polar surface area (TPSA) is 75.3 Å². The fraction of sp³-hybridized carbons (Fsp3) is 0.0833. The summed E-state index contributed by atoms with van der Waals surface area (Å²) in [7, 11) is -3.64. The molecule has 110 valence electrons. The van der Waals surface area contributed by atoms with Crippen LogP contribution in [0.2, 0.25) is 0 Å². The lowest BCUT2D eigenvalue weighted by Crippen LogP contribution is -2.19. The van der Waals surface area contributed by atoms with E-state index >= 15 is 0 Å². The highest BCUT2D eigenvalue weighted by atomic mass is 79.9. The second-order valence-corrected chi connectivity index (χ2v) is 8.87. The first-order chi connectivity index (χ1) is 9.95. The van der Waals surface area contributed by atoms with E-state index in [0.717, 1.165) is 16.2 Å². The molecule has 0 spiro atoms. The van der Waals surface area contributed by atoms with Crippen molar-refractivity contribution in [3.05, 3.63) is 34.1 Å². The van der Waals surface area contributed by atoms with E-state index in [-0.39, 0.29) is 10.1 Å². The van der Waals surface area contributed by atoms with Gasteiger partial charge in [-0.1, -0.05) is 0 Å². The molecule has 0 saturated carbocycles. The van der Waals surface area contributed by atoms with E-state index in [9.17, 15) is 13.2 Å². The number of amides is 1. The minimum absolute atomic E-state index is 0.0893. The summed E-state index contributed by atoms with van der Waals surface area (Å²) in [4.78, 5) is 12.3. The molecule has 1 amide bonds. The number of nitrogens with one attached hydrogen (secondary N) is 2. The molecular weight excluding hydrogens is 396 g/mol. The Hall–Kier alpha value is -1.03. The van der Waals surface area contributed by atoms with Crippen LogP contribution in [0.4, 0.5) is 11.4 Å². The molecule has 2 aromatic rings. The van der Waals surface area contributed by atoms with Crippen molar-refractivity contribution in [2.45, 2.75) is 9.10 Å². The summed E-state index contributed by atoms with van der Waals surface area (Å²) in [6, 6.07) is 6.78. The van der Waals surface area contributed by atoms with Gasteiger partial charge in [0.25, 0.3) is 10.0 Å². The normalized spacial score (nSPS) is 14.4. The van der Waals surface area contributed by atoms with Gasteiger partial charge in [0.05, 0.1) is 17.1 Å². The molecule has 1 aliphatic rings. The summed E-state index contributed by atoms with van der Waals surface area (Å²) in [5, 5.41) is 4.43. The number of thiophene rings is 1. The molecule has 0 saturated heterocycles. The number of fused-ring (bicyclic) bond motifs is 1. The highest BCUT2D eigenvalue weighted by Crippen LogP contribution is 2.35. The van der Waals surface area contributed by atoms with Gasteiger partial charge in [-0.25, -0.2) is 8.42 Å². The maximum atomic E-state index is 12.3. The van der Waals surface area contributed by atoms with Crippen LogP contribution in [0.25, 0.3) is 0 Å². The molecule has 2 N–H and O–H groups in total. The minimum Gasteiger partial charge on any atom is -0.324 e. The van der Waals surface area contributed by atoms with Gasteiger partial charge in [0.15, 0.2) is 4.21 Å². The first-order valence-corrected chi connectivity index (χ1v) is 9.92. The molecular formula is C12H9BrN2O3S3. The van der Waals surface area contributed by atoms with Gasteiger partial charge >= 0.3 is 0 Å². The highest BCUT2D eigenvalue weighted by molar-refractivity contribution is 9.10. The fourth-order valence-electron chi connectivity index (χ4n) is 1.82. The number of hydrogen-bond acceptors (Lipinski definition) is 5. The second-order valence-electron chi connectivity index (χ2n) is 4.21. The summed E-state index contributed by atoms with van der Waals surface area (Å²) in [5.74, 6) is 0.286. The Kier molecular flexibility index (Phi) is 4.00. The highest BCUT2D eigenvalue weighted by Gasteiger charge is 2.21. The van der Waals surface area contributed by atoms with Crippen LogP contribution in [0.3, 0.4) is 0 Å². The third-order valence-corrected chi connectivity index (χ3v) is 7.82. The summed E-state index contributed by atoms with van der Waals surface area (Å²) in [6.45, 7) is 0. The molecule has 0 aliphatic carbocycles. The Bertz CT molecular complexity index is 817. The lowest BCUT2D eigenvalue weighted by atomic mass is 10.3. The lowest BCUT2D eigenvalue weighted by molar-refractivity contribution is -0.113. The molecule has 1 aromatic carbocycles. The number of sulfonamides is 1. The zero-order chi connectivity index (χ0) is 15.0. The number of benzene rings is 1. The van der Waals surface area contributed by atoms with E-state index in [2.05, 4.69) is 26.0 Å². The summed E-state index contributed by atoms with van der Waals surface area (Å²) in [5.41, 5.74) is 1.04. The average Bonchev–Trinajstić information content (AvgIpc) is 2.85. The zero-order valence-electron chi connectivity index (χ0n) is 10.4. The lowest BCUT2D eigenvalue weighted by Gasteiger charge is -2.17. The van der Waals surface area contributed by atoms with Crippen LogP contribution in [0.15, 0.2) is 43.2 Å². The van der Waals surface area contributed by atoms with Crippen molar-refractivity contribution in [2.75, 3.05) is 15.8 Å². The van der Waals surface area contributed by atoms with Crippen molar-refractivity contribution in [1.82, 2.24) is 0 Å². The first kappa shape index (κ1) is 14.9. The Morgan fingerprint density at radius 1 is 1.29 bits per heavy atom. The maximum absolute atomic E-state index is 12.3. The van der Waals surface area contributed by atoms with Crippen molar-refractivity contribution in [3.63, 3.8) is 0 Å². The Labute approximate surface area is 138 Å². The third kappa shape index (κ3) is 3.10. The standard InChI is InChI=1S/C12H9BrN2O3S3/c13-8-3-4-19-12(8)21(17,18)15-7-1-2-10-9(5-7)14-11(16)6-20-10/h1-5,15H,6H2,(H,14,16). The molecule has 0 bridgehead atoms. The molecule has 1 aliphatic heterocycles. The molecule has 0 unspecified atom stereocenters. The van der Waals surface area contributed by atoms with Crippen LogP contribution < -0.4 is 10.0 Å². The van der Waals surface area contributed by atoms with Crippen LogP contribution in [0.1, 0.15) is 0 Å². The van der Waals surface area contributed by atoms with Gasteiger partial charge in [-0.2, -0.15) is 0 Å². The number of hydrogen-bond donors (Lipinski definition) is 2. The van der Waals surface area contributed by atoms with Gasteiger partial charge in [0, 0.05) is 9.37 Å². The minimum atomic E-state index is -3.64. The Morgan fingerprint density at radius 3 is 2.81 bits per heavy atom. The molecule has 5 nitrogen and oxygen atoms in total. The fourth-order valence-corrected chi connectivity index (χ4v) is 6.00. The molecule has 21 heavy (non-hydrogen) atoms. The van der Waals surface area contributed by atoms with Crippen molar-refractivity contribution in [2.24, 2.45) is 0 Å². The summed E-state index contributed by atoms with van der Waals surface area (Å²) < 4.78 is 27.9. The number of anilines is 2. The van der Waals surface area contributed by atoms with Crippen molar-refractivity contribution in [3.8, 4) is 0 Å². The molecule has 9 heteroatoms. The van der Waals surface area contributed by atoms with E-state index in [1.165, 1.54) is 11.8 Å². The number of thioether (sulfide) groups is 1. The van der Waals surface area contributed by atoms with Crippen molar-refractivity contribution < 1.29 is 13.2 Å². The first-order valence-electron chi connectivity index (χ1n) is 5.78. The molecule has 1 aromatic heterocycles. The predicted octanol–water partition coefficient (Wildman–Crippen LogP) is 3.36. The Balaban J connectivity index is 1.91. The molecule has 2 heterocycles.